The predicted molar refractivity (Wildman–Crippen MR) is 60.9 cm³/mol. The van der Waals surface area contributed by atoms with Gasteiger partial charge in [-0.2, -0.15) is 5.10 Å². The van der Waals surface area contributed by atoms with Gasteiger partial charge in [-0.15, -0.1) is 0 Å². The molecule has 0 bridgehead atoms. The number of nitrogens with zero attached hydrogens (tertiary/aromatic N) is 3. The van der Waals surface area contributed by atoms with Crippen LogP contribution >= 0.6 is 0 Å². The van der Waals surface area contributed by atoms with Crippen molar-refractivity contribution in [1.29, 1.82) is 0 Å². The highest BCUT2D eigenvalue weighted by Crippen LogP contribution is 2.21. The number of aliphatic hydroxyl groups is 1. The van der Waals surface area contributed by atoms with Crippen molar-refractivity contribution in [3.63, 3.8) is 0 Å². The first-order valence-electron chi connectivity index (χ1n) is 5.33. The molecule has 4 nitrogen and oxygen atoms in total. The lowest BCUT2D eigenvalue weighted by Gasteiger charge is -2.10. The molecule has 1 N–H and O–H groups in total. The molecule has 1 atom stereocenters. The fraction of sp³-hybridized carbons (Fsp3) is 0.333. The van der Waals surface area contributed by atoms with Gasteiger partial charge in [-0.25, -0.2) is 0 Å². The van der Waals surface area contributed by atoms with Crippen molar-refractivity contribution in [2.75, 3.05) is 0 Å². The largest absolute Gasteiger partial charge is 0.382 e. The van der Waals surface area contributed by atoms with Crippen LogP contribution in [0, 0.1) is 0 Å². The summed E-state index contributed by atoms with van der Waals surface area (Å²) in [4.78, 5) is 4.00. The monoisotopic (exact) mass is 217 g/mol. The standard InChI is InChI=1S/C12H15N3O/c1-3-10-7-11(15(2)14-10)12(16)9-5-4-6-13-8-9/h4-8,12,16H,3H2,1-2H3. The number of aryl methyl sites for hydroxylation is 2. The van der Waals surface area contributed by atoms with E-state index < -0.39 is 6.10 Å². The maximum Gasteiger partial charge on any atom is 0.122 e. The van der Waals surface area contributed by atoms with E-state index in [0.29, 0.717) is 0 Å². The van der Waals surface area contributed by atoms with Gasteiger partial charge in [-0.3, -0.25) is 9.67 Å². The third-order valence-corrected chi connectivity index (χ3v) is 2.61. The topological polar surface area (TPSA) is 50.9 Å². The van der Waals surface area contributed by atoms with Crippen molar-refractivity contribution in [3.05, 3.63) is 47.5 Å². The molecule has 0 amide bonds. The van der Waals surface area contributed by atoms with E-state index in [9.17, 15) is 5.11 Å². The summed E-state index contributed by atoms with van der Waals surface area (Å²) >= 11 is 0. The van der Waals surface area contributed by atoms with Crippen molar-refractivity contribution in [2.45, 2.75) is 19.4 Å². The first kappa shape index (κ1) is 10.8. The van der Waals surface area contributed by atoms with Crippen LogP contribution in [0.5, 0.6) is 0 Å². The molecular weight excluding hydrogens is 202 g/mol. The Morgan fingerprint density at radius 3 is 2.88 bits per heavy atom. The van der Waals surface area contributed by atoms with Crippen LogP contribution in [0.25, 0.3) is 0 Å². The van der Waals surface area contributed by atoms with Crippen LogP contribution in [0.3, 0.4) is 0 Å². The quantitative estimate of drug-likeness (QED) is 0.846. The average Bonchev–Trinajstić information content (AvgIpc) is 2.71. The van der Waals surface area contributed by atoms with E-state index in [1.807, 2.05) is 32.2 Å². The smallest absolute Gasteiger partial charge is 0.122 e. The van der Waals surface area contributed by atoms with E-state index in [-0.39, 0.29) is 0 Å². The highest BCUT2D eigenvalue weighted by atomic mass is 16.3. The number of hydrogen-bond acceptors (Lipinski definition) is 3. The van der Waals surface area contributed by atoms with Crippen molar-refractivity contribution in [3.8, 4) is 0 Å². The van der Waals surface area contributed by atoms with Gasteiger partial charge >= 0.3 is 0 Å². The number of aromatic nitrogens is 3. The molecule has 4 heteroatoms. The van der Waals surface area contributed by atoms with Crippen LogP contribution in [0.15, 0.2) is 30.6 Å². The Morgan fingerprint density at radius 1 is 1.50 bits per heavy atom. The molecule has 0 aliphatic rings. The minimum Gasteiger partial charge on any atom is -0.382 e. The normalized spacial score (nSPS) is 12.7. The molecule has 2 aromatic heterocycles. The molecule has 0 radical (unpaired) electrons. The summed E-state index contributed by atoms with van der Waals surface area (Å²) in [6, 6.07) is 5.60. The van der Waals surface area contributed by atoms with Crippen LogP contribution in [-0.2, 0) is 13.5 Å². The summed E-state index contributed by atoms with van der Waals surface area (Å²) in [5.41, 5.74) is 2.57. The third kappa shape index (κ3) is 1.97. The molecule has 2 aromatic rings. The zero-order valence-electron chi connectivity index (χ0n) is 9.46. The molecule has 0 saturated heterocycles. The second kappa shape index (κ2) is 4.45. The van der Waals surface area contributed by atoms with E-state index in [4.69, 9.17) is 0 Å². The predicted octanol–water partition coefficient (Wildman–Crippen LogP) is 1.46. The molecule has 1 unspecified atom stereocenters. The summed E-state index contributed by atoms with van der Waals surface area (Å²) in [7, 11) is 1.84. The Labute approximate surface area is 94.6 Å². The Hall–Kier alpha value is -1.68. The molecule has 0 spiro atoms. The molecule has 0 fully saturated rings. The highest BCUT2D eigenvalue weighted by Gasteiger charge is 2.15. The lowest BCUT2D eigenvalue weighted by molar-refractivity contribution is 0.209. The van der Waals surface area contributed by atoms with Gasteiger partial charge < -0.3 is 5.11 Å². The molecule has 0 aromatic carbocycles. The van der Waals surface area contributed by atoms with Crippen LogP contribution in [-0.4, -0.2) is 19.9 Å². The van der Waals surface area contributed by atoms with Gasteiger partial charge in [0.25, 0.3) is 0 Å². The van der Waals surface area contributed by atoms with E-state index in [2.05, 4.69) is 10.1 Å². The number of pyridine rings is 1. The van der Waals surface area contributed by atoms with Gasteiger partial charge in [-0.1, -0.05) is 13.0 Å². The Kier molecular flexibility index (Phi) is 3.01. The summed E-state index contributed by atoms with van der Waals surface area (Å²) < 4.78 is 1.72. The number of rotatable bonds is 3. The van der Waals surface area contributed by atoms with Gasteiger partial charge in [0, 0.05) is 25.0 Å². The third-order valence-electron chi connectivity index (χ3n) is 2.61. The maximum absolute atomic E-state index is 10.2. The average molecular weight is 217 g/mol. The molecular formula is C12H15N3O. The van der Waals surface area contributed by atoms with Gasteiger partial charge in [0.05, 0.1) is 11.4 Å². The van der Waals surface area contributed by atoms with Gasteiger partial charge in [0.2, 0.25) is 0 Å². The van der Waals surface area contributed by atoms with Gasteiger partial charge in [-0.05, 0) is 18.6 Å². The Bertz CT molecular complexity index is 464. The van der Waals surface area contributed by atoms with E-state index in [1.165, 1.54) is 0 Å². The summed E-state index contributed by atoms with van der Waals surface area (Å²) in [5.74, 6) is 0. The van der Waals surface area contributed by atoms with Crippen LogP contribution in [0.2, 0.25) is 0 Å². The van der Waals surface area contributed by atoms with Crippen LogP contribution in [0.1, 0.15) is 30.0 Å². The lowest BCUT2D eigenvalue weighted by atomic mass is 10.1. The number of aliphatic hydroxyl groups excluding tert-OH is 1. The van der Waals surface area contributed by atoms with Gasteiger partial charge in [0.1, 0.15) is 6.10 Å². The molecule has 2 heterocycles. The van der Waals surface area contributed by atoms with Gasteiger partial charge in [0.15, 0.2) is 0 Å². The summed E-state index contributed by atoms with van der Waals surface area (Å²) in [6.45, 7) is 2.04. The van der Waals surface area contributed by atoms with Crippen molar-refractivity contribution in [1.82, 2.24) is 14.8 Å². The first-order valence-corrected chi connectivity index (χ1v) is 5.33. The lowest BCUT2D eigenvalue weighted by Crippen LogP contribution is -2.06. The second-order valence-corrected chi connectivity index (χ2v) is 3.73. The molecule has 0 aliphatic carbocycles. The number of hydrogen-bond donors (Lipinski definition) is 1. The van der Waals surface area contributed by atoms with E-state index >= 15 is 0 Å². The molecule has 84 valence electrons. The van der Waals surface area contributed by atoms with Crippen LogP contribution in [0.4, 0.5) is 0 Å². The molecule has 0 saturated carbocycles. The summed E-state index contributed by atoms with van der Waals surface area (Å²) in [5, 5.41) is 14.5. The zero-order valence-corrected chi connectivity index (χ0v) is 9.46. The molecule has 16 heavy (non-hydrogen) atoms. The van der Waals surface area contributed by atoms with E-state index in [1.54, 1.807) is 17.1 Å². The zero-order chi connectivity index (χ0) is 11.5. The van der Waals surface area contributed by atoms with Crippen molar-refractivity contribution in [2.24, 2.45) is 7.05 Å². The molecule has 2 rings (SSSR count). The first-order chi connectivity index (χ1) is 7.72. The minimum atomic E-state index is -0.661. The van der Waals surface area contributed by atoms with Crippen LogP contribution < -0.4 is 0 Å². The Balaban J connectivity index is 2.33. The highest BCUT2D eigenvalue weighted by molar-refractivity contribution is 5.24. The second-order valence-electron chi connectivity index (χ2n) is 3.73. The minimum absolute atomic E-state index is 0.661. The summed E-state index contributed by atoms with van der Waals surface area (Å²) in [6.07, 6.45) is 3.57. The maximum atomic E-state index is 10.2. The van der Waals surface area contributed by atoms with E-state index in [0.717, 1.165) is 23.4 Å². The SMILES string of the molecule is CCc1cc(C(O)c2cccnc2)n(C)n1. The molecule has 0 aliphatic heterocycles. The fourth-order valence-electron chi connectivity index (χ4n) is 1.68. The van der Waals surface area contributed by atoms with Crippen molar-refractivity contribution < 1.29 is 5.11 Å². The van der Waals surface area contributed by atoms with Crippen molar-refractivity contribution >= 4 is 0 Å². The fourth-order valence-corrected chi connectivity index (χ4v) is 1.68. The Morgan fingerprint density at radius 2 is 2.31 bits per heavy atom.